The second-order valence-corrected chi connectivity index (χ2v) is 2.28. The van der Waals surface area contributed by atoms with E-state index in [1.165, 1.54) is 7.11 Å². The third kappa shape index (κ3) is 5.53. The molecular formula is C6H14N2O2. The highest BCUT2D eigenvalue weighted by molar-refractivity contribution is 5.74. The standard InChI is InChI=1S/C6H14N2O2/c1-8(2)5-4-6(9)7-10-3/h4-5H2,1-3H3,(H,7,9). The molecular weight excluding hydrogens is 132 g/mol. The van der Waals surface area contributed by atoms with Crippen LogP contribution >= 0.6 is 0 Å². The lowest BCUT2D eigenvalue weighted by molar-refractivity contribution is -0.131. The summed E-state index contributed by atoms with van der Waals surface area (Å²) in [6.45, 7) is 0.745. The SMILES string of the molecule is CONC(=O)CCN(C)C. The van der Waals surface area contributed by atoms with E-state index < -0.39 is 0 Å². The Hall–Kier alpha value is -0.610. The molecule has 4 nitrogen and oxygen atoms in total. The first-order chi connectivity index (χ1) is 4.66. The van der Waals surface area contributed by atoms with Crippen LogP contribution in [0.1, 0.15) is 6.42 Å². The van der Waals surface area contributed by atoms with Gasteiger partial charge in [-0.1, -0.05) is 0 Å². The highest BCUT2D eigenvalue weighted by atomic mass is 16.6. The molecule has 1 N–H and O–H groups in total. The van der Waals surface area contributed by atoms with Crippen molar-refractivity contribution in [3.05, 3.63) is 0 Å². The van der Waals surface area contributed by atoms with Crippen molar-refractivity contribution < 1.29 is 9.63 Å². The molecule has 0 saturated heterocycles. The Bertz CT molecular complexity index is 104. The Morgan fingerprint density at radius 3 is 2.60 bits per heavy atom. The normalized spacial score (nSPS) is 10.0. The third-order valence-electron chi connectivity index (χ3n) is 1.00. The van der Waals surface area contributed by atoms with Crippen LogP contribution in [0.3, 0.4) is 0 Å². The summed E-state index contributed by atoms with van der Waals surface area (Å²) in [7, 11) is 5.26. The largest absolute Gasteiger partial charge is 0.309 e. The van der Waals surface area contributed by atoms with Gasteiger partial charge in [-0.15, -0.1) is 0 Å². The fourth-order valence-electron chi connectivity index (χ4n) is 0.490. The van der Waals surface area contributed by atoms with E-state index in [1.807, 2.05) is 19.0 Å². The molecule has 0 saturated carbocycles. The average Bonchev–Trinajstić information content (AvgIpc) is 1.85. The van der Waals surface area contributed by atoms with Gasteiger partial charge in [-0.3, -0.25) is 9.63 Å². The zero-order valence-corrected chi connectivity index (χ0v) is 6.68. The van der Waals surface area contributed by atoms with Crippen LogP contribution in [0, 0.1) is 0 Å². The van der Waals surface area contributed by atoms with Gasteiger partial charge in [-0.2, -0.15) is 0 Å². The lowest BCUT2D eigenvalue weighted by atomic mass is 10.4. The highest BCUT2D eigenvalue weighted by Gasteiger charge is 1.99. The van der Waals surface area contributed by atoms with Crippen molar-refractivity contribution in [3.8, 4) is 0 Å². The lowest BCUT2D eigenvalue weighted by Crippen LogP contribution is -2.26. The molecule has 10 heavy (non-hydrogen) atoms. The molecule has 0 aliphatic heterocycles. The fraction of sp³-hybridized carbons (Fsp3) is 0.833. The molecule has 0 aromatic rings. The number of nitrogens with zero attached hydrogens (tertiary/aromatic N) is 1. The maximum absolute atomic E-state index is 10.7. The minimum atomic E-state index is -0.0869. The molecule has 0 unspecified atom stereocenters. The van der Waals surface area contributed by atoms with Crippen LogP contribution in [-0.4, -0.2) is 38.6 Å². The Morgan fingerprint density at radius 2 is 2.20 bits per heavy atom. The summed E-state index contributed by atoms with van der Waals surface area (Å²) < 4.78 is 0. The maximum Gasteiger partial charge on any atom is 0.244 e. The molecule has 0 aliphatic rings. The minimum Gasteiger partial charge on any atom is -0.309 e. The van der Waals surface area contributed by atoms with Crippen LogP contribution < -0.4 is 5.48 Å². The van der Waals surface area contributed by atoms with Gasteiger partial charge in [0.05, 0.1) is 7.11 Å². The maximum atomic E-state index is 10.7. The van der Waals surface area contributed by atoms with E-state index >= 15 is 0 Å². The van der Waals surface area contributed by atoms with E-state index in [-0.39, 0.29) is 5.91 Å². The number of amides is 1. The van der Waals surface area contributed by atoms with Crippen molar-refractivity contribution in [2.24, 2.45) is 0 Å². The Labute approximate surface area is 61.1 Å². The van der Waals surface area contributed by atoms with E-state index in [0.717, 1.165) is 6.54 Å². The predicted molar refractivity (Wildman–Crippen MR) is 38.3 cm³/mol. The van der Waals surface area contributed by atoms with E-state index in [2.05, 4.69) is 10.3 Å². The topological polar surface area (TPSA) is 41.6 Å². The number of carbonyl (C=O) groups excluding carboxylic acids is 1. The number of nitrogens with one attached hydrogen (secondary N) is 1. The Balaban J connectivity index is 3.22. The van der Waals surface area contributed by atoms with Crippen molar-refractivity contribution in [1.82, 2.24) is 10.4 Å². The molecule has 60 valence electrons. The van der Waals surface area contributed by atoms with Gasteiger partial charge in [0, 0.05) is 13.0 Å². The van der Waals surface area contributed by atoms with Crippen LogP contribution in [0.5, 0.6) is 0 Å². The van der Waals surface area contributed by atoms with E-state index in [1.54, 1.807) is 0 Å². The van der Waals surface area contributed by atoms with Crippen molar-refractivity contribution in [1.29, 1.82) is 0 Å². The first-order valence-corrected chi connectivity index (χ1v) is 3.13. The van der Waals surface area contributed by atoms with Gasteiger partial charge in [0.2, 0.25) is 5.91 Å². The molecule has 0 fully saturated rings. The van der Waals surface area contributed by atoms with Crippen LogP contribution in [0.4, 0.5) is 0 Å². The van der Waals surface area contributed by atoms with Gasteiger partial charge in [0.15, 0.2) is 0 Å². The smallest absolute Gasteiger partial charge is 0.244 e. The third-order valence-corrected chi connectivity index (χ3v) is 1.00. The monoisotopic (exact) mass is 146 g/mol. The average molecular weight is 146 g/mol. The number of carbonyl (C=O) groups is 1. The molecule has 0 atom stereocenters. The molecule has 0 aromatic heterocycles. The summed E-state index contributed by atoms with van der Waals surface area (Å²) in [5.74, 6) is -0.0869. The van der Waals surface area contributed by atoms with E-state index in [4.69, 9.17) is 0 Å². The summed E-state index contributed by atoms with van der Waals surface area (Å²) >= 11 is 0. The highest BCUT2D eigenvalue weighted by Crippen LogP contribution is 1.81. The molecule has 0 aromatic carbocycles. The van der Waals surface area contributed by atoms with Gasteiger partial charge in [-0.25, -0.2) is 5.48 Å². The number of rotatable bonds is 4. The van der Waals surface area contributed by atoms with Crippen molar-refractivity contribution >= 4 is 5.91 Å². The van der Waals surface area contributed by atoms with Gasteiger partial charge in [0.25, 0.3) is 0 Å². The van der Waals surface area contributed by atoms with E-state index in [0.29, 0.717) is 6.42 Å². The van der Waals surface area contributed by atoms with Gasteiger partial charge in [0.1, 0.15) is 0 Å². The summed E-state index contributed by atoms with van der Waals surface area (Å²) in [5.41, 5.74) is 2.24. The van der Waals surface area contributed by atoms with Crippen LogP contribution in [0.15, 0.2) is 0 Å². The second-order valence-electron chi connectivity index (χ2n) is 2.28. The first kappa shape index (κ1) is 9.39. The number of hydrogen-bond donors (Lipinski definition) is 1. The molecule has 0 bridgehead atoms. The van der Waals surface area contributed by atoms with Crippen molar-refractivity contribution in [3.63, 3.8) is 0 Å². The number of hydrogen-bond acceptors (Lipinski definition) is 3. The van der Waals surface area contributed by atoms with Crippen LogP contribution in [0.2, 0.25) is 0 Å². The summed E-state index contributed by atoms with van der Waals surface area (Å²) in [5, 5.41) is 0. The Morgan fingerprint density at radius 1 is 1.60 bits per heavy atom. The molecule has 4 heteroatoms. The van der Waals surface area contributed by atoms with E-state index in [9.17, 15) is 4.79 Å². The molecule has 0 spiro atoms. The molecule has 0 heterocycles. The van der Waals surface area contributed by atoms with Crippen molar-refractivity contribution in [2.45, 2.75) is 6.42 Å². The molecule has 0 aliphatic carbocycles. The Kier molecular flexibility index (Phi) is 4.88. The quantitative estimate of drug-likeness (QED) is 0.549. The zero-order chi connectivity index (χ0) is 7.98. The minimum absolute atomic E-state index is 0.0869. The lowest BCUT2D eigenvalue weighted by Gasteiger charge is -2.07. The summed E-state index contributed by atoms with van der Waals surface area (Å²) in [4.78, 5) is 17.0. The van der Waals surface area contributed by atoms with Crippen LogP contribution in [-0.2, 0) is 9.63 Å². The molecule has 0 radical (unpaired) electrons. The fourth-order valence-corrected chi connectivity index (χ4v) is 0.490. The summed E-state index contributed by atoms with van der Waals surface area (Å²) in [6.07, 6.45) is 0.473. The number of hydroxylamine groups is 1. The van der Waals surface area contributed by atoms with Gasteiger partial charge >= 0.3 is 0 Å². The van der Waals surface area contributed by atoms with Gasteiger partial charge in [-0.05, 0) is 14.1 Å². The van der Waals surface area contributed by atoms with Crippen LogP contribution in [0.25, 0.3) is 0 Å². The molecule has 0 rings (SSSR count). The molecule has 1 amide bonds. The second kappa shape index (κ2) is 5.20. The van der Waals surface area contributed by atoms with Gasteiger partial charge < -0.3 is 4.90 Å². The van der Waals surface area contributed by atoms with Crippen molar-refractivity contribution in [2.75, 3.05) is 27.7 Å². The summed E-state index contributed by atoms with van der Waals surface area (Å²) in [6, 6.07) is 0. The first-order valence-electron chi connectivity index (χ1n) is 3.13. The zero-order valence-electron chi connectivity index (χ0n) is 6.68. The predicted octanol–water partition coefficient (Wildman–Crippen LogP) is -0.384.